The second kappa shape index (κ2) is 19.0. The monoisotopic (exact) mass is 558 g/mol. The first kappa shape index (κ1) is 23.3. The average molecular weight is 559 g/mol. The quantitative estimate of drug-likeness (QED) is 0.254. The Bertz CT molecular complexity index is 1410. The smallest absolute Gasteiger partial charge is 0.228 e. The lowest BCUT2D eigenvalue weighted by atomic mass is 10.2. The summed E-state index contributed by atoms with van der Waals surface area (Å²) in [6.07, 6.45) is 8.95. The van der Waals surface area contributed by atoms with Crippen LogP contribution >= 0.6 is 15.9 Å². The molecule has 0 spiro atoms. The van der Waals surface area contributed by atoms with Crippen LogP contribution in [-0.4, -0.2) is 37.6 Å². The van der Waals surface area contributed by atoms with E-state index in [9.17, 15) is 4.39 Å². The summed E-state index contributed by atoms with van der Waals surface area (Å²) in [5, 5.41) is 9.16. The predicted octanol–water partition coefficient (Wildman–Crippen LogP) is 5.62. The van der Waals surface area contributed by atoms with Gasteiger partial charge < -0.3 is 9.84 Å². The first-order valence-electron chi connectivity index (χ1n) is 11.7. The van der Waals surface area contributed by atoms with E-state index in [0.717, 1.165) is 0 Å². The van der Waals surface area contributed by atoms with E-state index in [-0.39, 0.29) is 11.5 Å². The van der Waals surface area contributed by atoms with Gasteiger partial charge in [-0.2, -0.15) is 0 Å². The molecule has 0 radical (unpaired) electrons. The molecule has 0 saturated heterocycles. The molecule has 36 heavy (non-hydrogen) atoms. The Balaban J connectivity index is 0.000000340. The maximum Gasteiger partial charge on any atom is 0.228 e. The Morgan fingerprint density at radius 3 is 1.89 bits per heavy atom. The van der Waals surface area contributed by atoms with Crippen molar-refractivity contribution < 1.29 is 28.9 Å². The minimum Gasteiger partial charge on any atom is -0.506 e. The molecule has 1 N–H and O–H groups in total. The van der Waals surface area contributed by atoms with Crippen molar-refractivity contribution in [3.05, 3.63) is 108 Å². The van der Waals surface area contributed by atoms with Gasteiger partial charge in [0.2, 0.25) is 6.81 Å². The van der Waals surface area contributed by atoms with E-state index >= 15 is 0 Å². The fourth-order valence-corrected chi connectivity index (χ4v) is 2.23. The van der Waals surface area contributed by atoms with E-state index in [0.29, 0.717) is 22.5 Å². The van der Waals surface area contributed by atoms with Gasteiger partial charge in [0.15, 0.2) is 0 Å². The van der Waals surface area contributed by atoms with Crippen molar-refractivity contribution in [1.82, 2.24) is 19.9 Å². The number of halogens is 4. The van der Waals surface area contributed by atoms with Crippen molar-refractivity contribution in [3.63, 3.8) is 0 Å². The summed E-state index contributed by atoms with van der Waals surface area (Å²) in [6, 6.07) is 13.8. The van der Waals surface area contributed by atoms with Crippen molar-refractivity contribution in [2.75, 3.05) is 12.6 Å². The lowest BCUT2D eigenvalue weighted by Gasteiger charge is -1.99. The summed E-state index contributed by atoms with van der Waals surface area (Å²) in [6.45, 7) is -3.24. The Morgan fingerprint density at radius 2 is 1.42 bits per heavy atom. The molecule has 0 aromatic carbocycles. The largest absolute Gasteiger partial charge is 0.506 e. The number of aromatic hydroxyl groups is 1. The summed E-state index contributed by atoms with van der Waals surface area (Å²) >= 11 is 2.60. The molecular formula is C26H20BrF3N4O2. The Morgan fingerprint density at radius 1 is 0.889 bits per heavy atom. The van der Waals surface area contributed by atoms with Crippen molar-refractivity contribution in [2.24, 2.45) is 0 Å². The van der Waals surface area contributed by atoms with Crippen molar-refractivity contribution >= 4 is 15.9 Å². The molecule has 0 saturated carbocycles. The van der Waals surface area contributed by atoms with Gasteiger partial charge in [-0.3, -0.25) is 9.97 Å². The standard InChI is InChI=1S/C13H9FN2O.C12H8N2O.CH3Br.F2/c14-10-17-13-7-11(8-15-9-13)4-5-12-3-1-2-6-16-12;15-12-7-10(8-13-9-12)4-5-11-3-1-2-6-14-11;2*1-2/h1-3,6-9H,10H2;1-3,6-9,15H;1H3;/i10D2,14-1;;1D2;1-1. The molecule has 0 amide bonds. The summed E-state index contributed by atoms with van der Waals surface area (Å²) in [5.74, 6) is 10.6. The van der Waals surface area contributed by atoms with E-state index in [4.69, 9.17) is 19.7 Å². The van der Waals surface area contributed by atoms with Gasteiger partial charge in [0.05, 0.1) is 12.4 Å². The third-order valence-corrected chi connectivity index (χ3v) is 3.59. The topological polar surface area (TPSA) is 81.0 Å². The van der Waals surface area contributed by atoms with Gasteiger partial charge in [-0.1, -0.05) is 39.9 Å². The molecule has 4 heterocycles. The molecule has 6 nitrogen and oxygen atoms in total. The summed E-state index contributed by atoms with van der Waals surface area (Å²) in [7, 11) is 0. The molecule has 0 aliphatic rings. The minimum absolute atomic E-state index is 0.0275. The molecule has 0 fully saturated rings. The van der Waals surface area contributed by atoms with Gasteiger partial charge in [0, 0.05) is 47.8 Å². The van der Waals surface area contributed by atoms with Gasteiger partial charge in [0.1, 0.15) is 25.6 Å². The van der Waals surface area contributed by atoms with Crippen LogP contribution < -0.4 is 4.74 Å². The Hall–Kier alpha value is -4.41. The number of aromatic nitrogens is 4. The Labute approximate surface area is 220 Å². The van der Waals surface area contributed by atoms with Gasteiger partial charge >= 0.3 is 0 Å². The number of nitrogens with zero attached hydrogens (tertiary/aromatic N) is 4. The van der Waals surface area contributed by atoms with Crippen LogP contribution in [0.1, 0.15) is 28.0 Å². The van der Waals surface area contributed by atoms with E-state index < -0.39 is 12.6 Å². The van der Waals surface area contributed by atoms with Crippen LogP contribution in [0.3, 0.4) is 0 Å². The second-order valence-corrected chi connectivity index (χ2v) is 5.95. The highest BCUT2D eigenvalue weighted by Crippen LogP contribution is 2.10. The number of ether oxygens (including phenoxy) is 1. The number of hydrogen-bond acceptors (Lipinski definition) is 6. The maximum atomic E-state index is 12.7. The van der Waals surface area contributed by atoms with E-state index in [1.54, 1.807) is 36.8 Å². The molecular weight excluding hydrogens is 535 g/mol. The van der Waals surface area contributed by atoms with Crippen molar-refractivity contribution in [1.29, 1.82) is 0 Å². The highest BCUT2D eigenvalue weighted by Gasteiger charge is 1.95. The van der Waals surface area contributed by atoms with Crippen molar-refractivity contribution in [2.45, 2.75) is 0 Å². The third-order valence-electron chi connectivity index (χ3n) is 3.59. The van der Waals surface area contributed by atoms with E-state index in [2.05, 4.69) is 64.3 Å². The zero-order chi connectivity index (χ0) is 29.8. The molecule has 4 aromatic rings. The fourth-order valence-electron chi connectivity index (χ4n) is 2.23. The van der Waals surface area contributed by atoms with Crippen LogP contribution in [0.15, 0.2) is 85.7 Å². The van der Waals surface area contributed by atoms with Crippen LogP contribution in [0.5, 0.6) is 11.5 Å². The van der Waals surface area contributed by atoms with Crippen LogP contribution in [0, 0.1) is 23.7 Å². The molecule has 4 aromatic heterocycles. The highest BCUT2D eigenvalue weighted by atomic mass is 79.9. The molecule has 4 rings (SSSR count). The molecule has 0 atom stereocenters. The van der Waals surface area contributed by atoms with Gasteiger partial charge in [-0.15, -0.1) is 0 Å². The number of alkyl halides is 2. The predicted molar refractivity (Wildman–Crippen MR) is 134 cm³/mol. The Kier molecular flexibility index (Phi) is 12.3. The van der Waals surface area contributed by atoms with Crippen LogP contribution in [0.2, 0.25) is 0 Å². The van der Waals surface area contributed by atoms with Gasteiger partial charge in [-0.25, -0.2) is 14.4 Å². The van der Waals surface area contributed by atoms with Gasteiger partial charge in [-0.05, 0) is 54.0 Å². The summed E-state index contributed by atoms with van der Waals surface area (Å²) < 4.78 is 58.8. The van der Waals surface area contributed by atoms with E-state index in [1.165, 1.54) is 24.7 Å². The highest BCUT2D eigenvalue weighted by molar-refractivity contribution is 9.08. The molecule has 10 heteroatoms. The number of pyridine rings is 4. The van der Waals surface area contributed by atoms with E-state index in [1.807, 2.05) is 24.3 Å². The first-order valence-corrected chi connectivity index (χ1v) is 10.5. The maximum absolute atomic E-state index is 12.7. The molecule has 0 bridgehead atoms. The summed E-state index contributed by atoms with van der Waals surface area (Å²) in [4.78, 5) is 15.7. The zero-order valence-corrected chi connectivity index (χ0v) is 19.9. The molecule has 0 unspecified atom stereocenters. The SMILES string of the molecule is F[18F].Oc1cncc(C#Cc2ccccn2)c1.[2H]C([2H])([18F])Oc1cncc(C#Cc2ccccn2)c1.[2H]C([2H])Br. The first-order chi connectivity index (χ1) is 19.1. The third kappa shape index (κ3) is 12.2. The molecule has 0 aliphatic heterocycles. The zero-order valence-electron chi connectivity index (χ0n) is 22.3. The van der Waals surface area contributed by atoms with Crippen LogP contribution in [0.4, 0.5) is 13.5 Å². The average Bonchev–Trinajstić information content (AvgIpc) is 2.93. The number of rotatable bonds is 2. The second-order valence-electron chi connectivity index (χ2n) is 5.95. The van der Waals surface area contributed by atoms with Crippen molar-refractivity contribution in [3.8, 4) is 35.2 Å². The normalized spacial score (nSPS) is 10.6. The van der Waals surface area contributed by atoms with Crippen LogP contribution in [0.25, 0.3) is 0 Å². The lowest BCUT2D eigenvalue weighted by Crippen LogP contribution is -1.91. The van der Waals surface area contributed by atoms with Crippen LogP contribution in [-0.2, 0) is 0 Å². The molecule has 184 valence electrons. The lowest BCUT2D eigenvalue weighted by molar-refractivity contribution is 0.108. The van der Waals surface area contributed by atoms with Gasteiger partial charge in [0.25, 0.3) is 0 Å². The summed E-state index contributed by atoms with van der Waals surface area (Å²) in [5.41, 5.74) is 2.43. The molecule has 0 aliphatic carbocycles. The fraction of sp³-hybridized carbons (Fsp3) is 0.0769. The minimum atomic E-state index is -3.24. The number of hydrogen-bond donors (Lipinski definition) is 1.